The molecule has 0 unspecified atom stereocenters. The van der Waals surface area contributed by atoms with Crippen LogP contribution in [0.2, 0.25) is 0 Å². The van der Waals surface area contributed by atoms with Crippen LogP contribution in [0.25, 0.3) is 0 Å². The molecule has 2 aromatic rings. The van der Waals surface area contributed by atoms with Crippen LogP contribution in [0.15, 0.2) is 28.9 Å². The van der Waals surface area contributed by atoms with Crippen molar-refractivity contribution in [1.29, 1.82) is 0 Å². The SMILES string of the molecule is CCCNc1nc(Nc2cc(C)no2)ncc1C#CCCCNC(=O)[C@@H]1CCCN1C(=O)C=CCN(C)C. The van der Waals surface area contributed by atoms with Gasteiger partial charge in [0.25, 0.3) is 0 Å². The van der Waals surface area contributed by atoms with E-state index in [1.165, 1.54) is 0 Å². The van der Waals surface area contributed by atoms with Crippen LogP contribution < -0.4 is 16.0 Å². The van der Waals surface area contributed by atoms with Gasteiger partial charge in [-0.05, 0) is 46.7 Å². The third-order valence-electron chi connectivity index (χ3n) is 5.76. The summed E-state index contributed by atoms with van der Waals surface area (Å²) in [5, 5.41) is 13.1. The summed E-state index contributed by atoms with van der Waals surface area (Å²) in [6.07, 6.45) is 8.82. The number of nitrogens with zero attached hydrogens (tertiary/aromatic N) is 5. The molecule has 11 heteroatoms. The standard InChI is InChI=1S/C27H38N8O3/c1-5-14-28-25-21(19-30-27(32-25)31-23-18-20(2)33-38-23)11-7-6-8-15-29-26(37)22-12-9-17-35(22)24(36)13-10-16-34(3)4/h10,13,18-19,22H,5-6,8-9,12,14-17H2,1-4H3,(H,29,37)(H2,28,30,31,32)/t22-/m0/s1. The second kappa shape index (κ2) is 14.7. The zero-order valence-corrected chi connectivity index (χ0v) is 22.7. The molecule has 1 atom stereocenters. The highest BCUT2D eigenvalue weighted by atomic mass is 16.5. The van der Waals surface area contributed by atoms with Crippen LogP contribution in [0.1, 0.15) is 50.3 Å². The molecule has 3 rings (SSSR count). The second-order valence-corrected chi connectivity index (χ2v) is 9.39. The van der Waals surface area contributed by atoms with E-state index in [1.807, 2.05) is 32.0 Å². The molecule has 11 nitrogen and oxygen atoms in total. The van der Waals surface area contributed by atoms with Gasteiger partial charge in [-0.1, -0.05) is 30.0 Å². The van der Waals surface area contributed by atoms with Crippen LogP contribution in [0.3, 0.4) is 0 Å². The highest BCUT2D eigenvalue weighted by molar-refractivity contribution is 5.93. The Morgan fingerprint density at radius 1 is 1.32 bits per heavy atom. The molecule has 0 radical (unpaired) electrons. The number of amides is 2. The van der Waals surface area contributed by atoms with E-state index in [0.717, 1.165) is 25.1 Å². The first-order valence-electron chi connectivity index (χ1n) is 13.1. The zero-order chi connectivity index (χ0) is 27.3. The molecule has 1 fully saturated rings. The van der Waals surface area contributed by atoms with Crippen molar-refractivity contribution in [3.63, 3.8) is 0 Å². The summed E-state index contributed by atoms with van der Waals surface area (Å²) in [4.78, 5) is 37.7. The van der Waals surface area contributed by atoms with Crippen LogP contribution in [-0.2, 0) is 9.59 Å². The number of likely N-dealkylation sites (tertiary alicyclic amines) is 1. The van der Waals surface area contributed by atoms with Gasteiger partial charge in [-0.15, -0.1) is 0 Å². The third-order valence-corrected chi connectivity index (χ3v) is 5.76. The molecule has 2 aromatic heterocycles. The number of anilines is 3. The molecule has 1 aliphatic heterocycles. The smallest absolute Gasteiger partial charge is 0.246 e. The molecule has 3 N–H and O–H groups in total. The summed E-state index contributed by atoms with van der Waals surface area (Å²) < 4.78 is 5.17. The number of carbonyl (C=O) groups excluding carboxylic acids is 2. The minimum Gasteiger partial charge on any atom is -0.369 e. The third kappa shape index (κ3) is 8.88. The van der Waals surface area contributed by atoms with Crippen molar-refractivity contribution in [3.05, 3.63) is 35.7 Å². The van der Waals surface area contributed by atoms with Crippen LogP contribution in [0.5, 0.6) is 0 Å². The molecular formula is C27H38N8O3. The number of aromatic nitrogens is 3. The highest BCUT2D eigenvalue weighted by Gasteiger charge is 2.32. The van der Waals surface area contributed by atoms with E-state index >= 15 is 0 Å². The normalized spacial score (nSPS) is 15.0. The van der Waals surface area contributed by atoms with Gasteiger partial charge in [-0.3, -0.25) is 14.9 Å². The summed E-state index contributed by atoms with van der Waals surface area (Å²) in [7, 11) is 3.88. The van der Waals surface area contributed by atoms with Gasteiger partial charge < -0.3 is 25.0 Å². The van der Waals surface area contributed by atoms with Crippen LogP contribution >= 0.6 is 0 Å². The average Bonchev–Trinajstić information content (AvgIpc) is 3.54. The van der Waals surface area contributed by atoms with Crippen molar-refractivity contribution in [1.82, 2.24) is 30.2 Å². The van der Waals surface area contributed by atoms with Crippen LogP contribution in [0.4, 0.5) is 17.7 Å². The molecule has 0 saturated carbocycles. The minimum absolute atomic E-state index is 0.102. The minimum atomic E-state index is -0.407. The average molecular weight is 523 g/mol. The van der Waals surface area contributed by atoms with E-state index in [-0.39, 0.29) is 11.8 Å². The number of rotatable bonds is 12. The van der Waals surface area contributed by atoms with Gasteiger partial charge in [0.2, 0.25) is 23.6 Å². The molecule has 0 aromatic carbocycles. The number of aryl methyl sites for hydroxylation is 1. The first kappa shape index (κ1) is 28.7. The van der Waals surface area contributed by atoms with Gasteiger partial charge in [-0.2, -0.15) is 4.98 Å². The molecule has 38 heavy (non-hydrogen) atoms. The van der Waals surface area contributed by atoms with Gasteiger partial charge in [0, 0.05) is 44.7 Å². The Labute approximate surface area is 224 Å². The molecule has 3 heterocycles. The lowest BCUT2D eigenvalue weighted by Crippen LogP contribution is -2.45. The maximum Gasteiger partial charge on any atom is 0.246 e. The predicted octanol–water partition coefficient (Wildman–Crippen LogP) is 2.70. The van der Waals surface area contributed by atoms with Gasteiger partial charge >= 0.3 is 0 Å². The Morgan fingerprint density at radius 2 is 2.16 bits per heavy atom. The lowest BCUT2D eigenvalue weighted by atomic mass is 10.2. The second-order valence-electron chi connectivity index (χ2n) is 9.39. The molecule has 0 spiro atoms. The fourth-order valence-corrected chi connectivity index (χ4v) is 3.87. The maximum absolute atomic E-state index is 12.7. The largest absolute Gasteiger partial charge is 0.369 e. The molecule has 1 aliphatic rings. The Balaban J connectivity index is 1.48. The van der Waals surface area contributed by atoms with Crippen molar-refractivity contribution in [3.8, 4) is 11.8 Å². The van der Waals surface area contributed by atoms with Gasteiger partial charge in [0.15, 0.2) is 0 Å². The predicted molar refractivity (Wildman–Crippen MR) is 147 cm³/mol. The van der Waals surface area contributed by atoms with Crippen molar-refractivity contribution < 1.29 is 14.1 Å². The highest BCUT2D eigenvalue weighted by Crippen LogP contribution is 2.19. The van der Waals surface area contributed by atoms with Crippen molar-refractivity contribution >= 4 is 29.5 Å². The lowest BCUT2D eigenvalue weighted by molar-refractivity contribution is -0.135. The summed E-state index contributed by atoms with van der Waals surface area (Å²) in [6, 6.07) is 1.36. The van der Waals surface area contributed by atoms with Gasteiger partial charge in [0.1, 0.15) is 11.9 Å². The van der Waals surface area contributed by atoms with Crippen LogP contribution in [-0.4, -0.2) is 83.1 Å². The topological polar surface area (TPSA) is 129 Å². The molecular weight excluding hydrogens is 484 g/mol. The Hall–Kier alpha value is -3.91. The summed E-state index contributed by atoms with van der Waals surface area (Å²) >= 11 is 0. The number of carbonyl (C=O) groups is 2. The van der Waals surface area contributed by atoms with Crippen molar-refractivity contribution in [2.24, 2.45) is 0 Å². The number of likely N-dealkylation sites (N-methyl/N-ethyl adjacent to an activating group) is 1. The van der Waals surface area contributed by atoms with E-state index < -0.39 is 6.04 Å². The monoisotopic (exact) mass is 522 g/mol. The Bertz CT molecular complexity index is 1160. The maximum atomic E-state index is 12.7. The number of nitrogens with one attached hydrogen (secondary N) is 3. The summed E-state index contributed by atoms with van der Waals surface area (Å²) in [5.41, 5.74) is 1.46. The van der Waals surface area contributed by atoms with Crippen molar-refractivity contribution in [2.75, 3.05) is 50.9 Å². The van der Waals surface area contributed by atoms with E-state index in [4.69, 9.17) is 4.52 Å². The van der Waals surface area contributed by atoms with E-state index in [1.54, 1.807) is 23.2 Å². The quantitative estimate of drug-likeness (QED) is 0.219. The molecule has 0 bridgehead atoms. The Morgan fingerprint density at radius 3 is 2.89 bits per heavy atom. The first-order chi connectivity index (χ1) is 18.4. The van der Waals surface area contributed by atoms with Gasteiger partial charge in [0.05, 0.1) is 17.5 Å². The molecule has 0 aliphatic carbocycles. The number of unbranched alkanes of at least 4 members (excludes halogenated alkanes) is 1. The van der Waals surface area contributed by atoms with E-state index in [2.05, 4.69) is 49.8 Å². The summed E-state index contributed by atoms with van der Waals surface area (Å²) in [6.45, 7) is 6.46. The first-order valence-corrected chi connectivity index (χ1v) is 13.1. The lowest BCUT2D eigenvalue weighted by Gasteiger charge is -2.22. The molecule has 1 saturated heterocycles. The van der Waals surface area contributed by atoms with E-state index in [0.29, 0.717) is 62.1 Å². The molecule has 2 amide bonds. The Kier molecular flexibility index (Phi) is 11.1. The molecule has 204 valence electrons. The summed E-state index contributed by atoms with van der Waals surface area (Å²) in [5.74, 6) is 7.57. The fourth-order valence-electron chi connectivity index (χ4n) is 3.87. The zero-order valence-electron chi connectivity index (χ0n) is 22.7. The van der Waals surface area contributed by atoms with Crippen LogP contribution in [0, 0.1) is 18.8 Å². The fraction of sp³-hybridized carbons (Fsp3) is 0.519. The van der Waals surface area contributed by atoms with Gasteiger partial charge in [-0.25, -0.2) is 4.98 Å². The van der Waals surface area contributed by atoms with Crippen molar-refractivity contribution in [2.45, 2.75) is 52.0 Å². The van der Waals surface area contributed by atoms with E-state index in [9.17, 15) is 9.59 Å². The number of hydrogen-bond donors (Lipinski definition) is 3. The number of hydrogen-bond acceptors (Lipinski definition) is 9.